The number of phenolic OH excluding ortho intramolecular Hbond substituents is 1. The first-order valence-corrected chi connectivity index (χ1v) is 8.03. The van der Waals surface area contributed by atoms with Crippen molar-refractivity contribution in [2.45, 2.75) is 4.90 Å². The lowest BCUT2D eigenvalue weighted by molar-refractivity contribution is 0.0974. The van der Waals surface area contributed by atoms with Gasteiger partial charge in [0, 0.05) is 16.0 Å². The number of ketones is 2. The summed E-state index contributed by atoms with van der Waals surface area (Å²) < 4.78 is 5.84. The summed E-state index contributed by atoms with van der Waals surface area (Å²) in [5.74, 6) is -0.325. The van der Waals surface area contributed by atoms with Gasteiger partial charge in [0.05, 0.1) is 11.1 Å². The molecule has 3 aromatic rings. The maximum atomic E-state index is 12.9. The third-order valence-electron chi connectivity index (χ3n) is 4.10. The van der Waals surface area contributed by atoms with Gasteiger partial charge in [-0.2, -0.15) is 0 Å². The number of carbonyl (C=O) groups excluding carboxylic acids is 2. The number of ether oxygens (including phenoxy) is 1. The van der Waals surface area contributed by atoms with Crippen LogP contribution in [0, 0.1) is 0 Å². The van der Waals surface area contributed by atoms with Gasteiger partial charge >= 0.3 is 0 Å². The summed E-state index contributed by atoms with van der Waals surface area (Å²) in [7, 11) is 0. The van der Waals surface area contributed by atoms with Gasteiger partial charge < -0.3 is 9.84 Å². The molecule has 0 saturated carbocycles. The Kier molecular flexibility index (Phi) is 3.58. The number of hydrogen-bond donors (Lipinski definition) is 2. The van der Waals surface area contributed by atoms with E-state index in [-0.39, 0.29) is 34.0 Å². The molecule has 0 atom stereocenters. The molecule has 25 heavy (non-hydrogen) atoms. The number of thiol groups is 1. The summed E-state index contributed by atoms with van der Waals surface area (Å²) in [5, 5.41) is 10.2. The number of para-hydroxylation sites is 1. The van der Waals surface area contributed by atoms with Crippen LogP contribution in [0.4, 0.5) is 0 Å². The molecule has 0 spiro atoms. The average molecular weight is 348 g/mol. The zero-order chi connectivity index (χ0) is 17.6. The summed E-state index contributed by atoms with van der Waals surface area (Å²) >= 11 is 4.33. The quantitative estimate of drug-likeness (QED) is 0.532. The van der Waals surface area contributed by atoms with Crippen molar-refractivity contribution >= 4 is 24.2 Å². The molecule has 0 saturated heterocycles. The molecule has 122 valence electrons. The average Bonchev–Trinajstić information content (AvgIpc) is 2.63. The van der Waals surface area contributed by atoms with E-state index in [1.807, 2.05) is 6.07 Å². The van der Waals surface area contributed by atoms with Crippen LogP contribution in [0.2, 0.25) is 0 Å². The van der Waals surface area contributed by atoms with Gasteiger partial charge in [0.25, 0.3) is 0 Å². The molecule has 0 radical (unpaired) electrons. The van der Waals surface area contributed by atoms with Crippen LogP contribution in [0.25, 0.3) is 0 Å². The largest absolute Gasteiger partial charge is 0.507 e. The zero-order valence-corrected chi connectivity index (χ0v) is 13.8. The van der Waals surface area contributed by atoms with Gasteiger partial charge in [-0.25, -0.2) is 0 Å². The third kappa shape index (κ3) is 2.40. The van der Waals surface area contributed by atoms with E-state index in [9.17, 15) is 14.7 Å². The Balaban J connectivity index is 1.92. The summed E-state index contributed by atoms with van der Waals surface area (Å²) in [6, 6.07) is 16.5. The highest BCUT2D eigenvalue weighted by molar-refractivity contribution is 7.80. The van der Waals surface area contributed by atoms with Crippen LogP contribution in [0.1, 0.15) is 31.8 Å². The van der Waals surface area contributed by atoms with E-state index < -0.39 is 5.78 Å². The smallest absolute Gasteiger partial charge is 0.198 e. The molecule has 4 rings (SSSR count). The highest BCUT2D eigenvalue weighted by Crippen LogP contribution is 2.40. The SMILES string of the molecule is O=C1c2ccccc2C(=O)c2c(Oc3ccccc3S)ccc(O)c21. The molecule has 5 heteroatoms. The molecule has 1 aliphatic carbocycles. The second kappa shape index (κ2) is 5.79. The number of fused-ring (bicyclic) bond motifs is 2. The lowest BCUT2D eigenvalue weighted by atomic mass is 9.83. The number of aromatic hydroxyl groups is 1. The molecule has 0 fully saturated rings. The van der Waals surface area contributed by atoms with Crippen LogP contribution in [0.15, 0.2) is 65.6 Å². The molecule has 0 aromatic heterocycles. The number of hydrogen-bond acceptors (Lipinski definition) is 5. The van der Waals surface area contributed by atoms with Crippen LogP contribution in [0.5, 0.6) is 17.2 Å². The van der Waals surface area contributed by atoms with Gasteiger partial charge in [-0.05, 0) is 24.3 Å². The molecule has 0 amide bonds. The van der Waals surface area contributed by atoms with Gasteiger partial charge in [-0.3, -0.25) is 9.59 Å². The van der Waals surface area contributed by atoms with Gasteiger partial charge in [0.2, 0.25) is 0 Å². The normalized spacial score (nSPS) is 12.5. The summed E-state index contributed by atoms with van der Waals surface area (Å²) in [6.07, 6.45) is 0. The van der Waals surface area contributed by atoms with Crippen molar-refractivity contribution in [1.82, 2.24) is 0 Å². The second-order valence-electron chi connectivity index (χ2n) is 5.61. The van der Waals surface area contributed by atoms with Gasteiger partial charge in [-0.1, -0.05) is 36.4 Å². The van der Waals surface area contributed by atoms with E-state index in [0.29, 0.717) is 16.2 Å². The van der Waals surface area contributed by atoms with E-state index in [1.165, 1.54) is 12.1 Å². The lowest BCUT2D eigenvalue weighted by Gasteiger charge is -2.21. The molecule has 1 N–H and O–H groups in total. The zero-order valence-electron chi connectivity index (χ0n) is 12.9. The fourth-order valence-electron chi connectivity index (χ4n) is 2.92. The summed E-state index contributed by atoms with van der Waals surface area (Å²) in [5.41, 5.74) is 0.620. The Hall–Kier alpha value is -3.05. The minimum Gasteiger partial charge on any atom is -0.507 e. The molecular weight excluding hydrogens is 336 g/mol. The van der Waals surface area contributed by atoms with Crippen molar-refractivity contribution in [3.8, 4) is 17.2 Å². The Morgan fingerprint density at radius 1 is 0.720 bits per heavy atom. The molecule has 1 aliphatic rings. The van der Waals surface area contributed by atoms with Crippen LogP contribution in [0.3, 0.4) is 0 Å². The Morgan fingerprint density at radius 3 is 2.00 bits per heavy atom. The molecular formula is C20H12O4S. The topological polar surface area (TPSA) is 63.6 Å². The molecule has 0 bridgehead atoms. The maximum absolute atomic E-state index is 12.9. The first kappa shape index (κ1) is 15.5. The Morgan fingerprint density at radius 2 is 1.32 bits per heavy atom. The van der Waals surface area contributed by atoms with E-state index >= 15 is 0 Å². The molecule has 4 nitrogen and oxygen atoms in total. The van der Waals surface area contributed by atoms with Gasteiger partial charge in [-0.15, -0.1) is 12.6 Å². The second-order valence-corrected chi connectivity index (χ2v) is 6.09. The van der Waals surface area contributed by atoms with Crippen molar-refractivity contribution < 1.29 is 19.4 Å². The molecule has 0 heterocycles. The maximum Gasteiger partial charge on any atom is 0.198 e. The van der Waals surface area contributed by atoms with E-state index in [0.717, 1.165) is 0 Å². The van der Waals surface area contributed by atoms with Gasteiger partial charge in [0.15, 0.2) is 11.6 Å². The fourth-order valence-corrected chi connectivity index (χ4v) is 3.13. The monoisotopic (exact) mass is 348 g/mol. The van der Waals surface area contributed by atoms with E-state index in [2.05, 4.69) is 12.6 Å². The highest BCUT2D eigenvalue weighted by Gasteiger charge is 2.34. The first-order chi connectivity index (χ1) is 12.1. The van der Waals surface area contributed by atoms with Crippen molar-refractivity contribution in [2.24, 2.45) is 0 Å². The molecule has 0 aliphatic heterocycles. The summed E-state index contributed by atoms with van der Waals surface area (Å²) in [6.45, 7) is 0. The van der Waals surface area contributed by atoms with E-state index in [1.54, 1.807) is 42.5 Å². The lowest BCUT2D eigenvalue weighted by Crippen LogP contribution is -2.21. The van der Waals surface area contributed by atoms with Crippen molar-refractivity contribution in [2.75, 3.05) is 0 Å². The predicted octanol–water partition coefficient (Wildman–Crippen LogP) is 4.25. The highest BCUT2D eigenvalue weighted by atomic mass is 32.1. The third-order valence-corrected chi connectivity index (χ3v) is 4.47. The number of carbonyl (C=O) groups is 2. The summed E-state index contributed by atoms with van der Waals surface area (Å²) in [4.78, 5) is 26.3. The Bertz CT molecular complexity index is 1040. The first-order valence-electron chi connectivity index (χ1n) is 7.58. The number of rotatable bonds is 2. The Labute approximate surface area is 149 Å². The standard InChI is InChI=1S/C20H12O4S/c21-13-9-10-15(24-14-7-3-4-8-16(14)25)18-17(13)19(22)11-5-1-2-6-12(11)20(18)23/h1-10,21,25H. The minimum absolute atomic E-state index is 0.0298. The van der Waals surface area contributed by atoms with Crippen LogP contribution in [-0.2, 0) is 0 Å². The van der Waals surface area contributed by atoms with Crippen LogP contribution >= 0.6 is 12.6 Å². The van der Waals surface area contributed by atoms with Crippen molar-refractivity contribution in [3.63, 3.8) is 0 Å². The predicted molar refractivity (Wildman–Crippen MR) is 95.2 cm³/mol. The van der Waals surface area contributed by atoms with Crippen LogP contribution in [-0.4, -0.2) is 16.7 Å². The number of benzene rings is 3. The van der Waals surface area contributed by atoms with Crippen molar-refractivity contribution in [3.05, 3.63) is 82.9 Å². The molecule has 0 unspecified atom stereocenters. The fraction of sp³-hybridized carbons (Fsp3) is 0. The number of phenols is 1. The van der Waals surface area contributed by atoms with Crippen molar-refractivity contribution in [1.29, 1.82) is 0 Å². The van der Waals surface area contributed by atoms with Gasteiger partial charge in [0.1, 0.15) is 17.2 Å². The van der Waals surface area contributed by atoms with Crippen LogP contribution < -0.4 is 4.74 Å². The van der Waals surface area contributed by atoms with E-state index in [4.69, 9.17) is 4.74 Å². The molecule has 3 aromatic carbocycles. The minimum atomic E-state index is -0.396.